The maximum Gasteiger partial charge on any atom is 0.148 e. The molecule has 1 heterocycles. The first-order valence-corrected chi connectivity index (χ1v) is 5.61. The van der Waals surface area contributed by atoms with E-state index in [1.807, 2.05) is 30.3 Å². The van der Waals surface area contributed by atoms with Gasteiger partial charge < -0.3 is 5.32 Å². The smallest absolute Gasteiger partial charge is 0.148 e. The summed E-state index contributed by atoms with van der Waals surface area (Å²) in [6.45, 7) is 4.16. The molecule has 0 aliphatic heterocycles. The number of H-pyrrole nitrogens is 1. The lowest BCUT2D eigenvalue weighted by Crippen LogP contribution is -2.09. The van der Waals surface area contributed by atoms with Crippen LogP contribution in [-0.4, -0.2) is 16.2 Å². The molecule has 2 N–H and O–H groups in total. The van der Waals surface area contributed by atoms with E-state index in [1.54, 1.807) is 0 Å². The van der Waals surface area contributed by atoms with E-state index in [4.69, 9.17) is 11.6 Å². The molecular formula is C12H14ClN3. The highest BCUT2D eigenvalue weighted by Crippen LogP contribution is 2.21. The molecule has 2 aromatic rings. The van der Waals surface area contributed by atoms with Crippen molar-refractivity contribution in [3.63, 3.8) is 0 Å². The van der Waals surface area contributed by atoms with Crippen LogP contribution in [0.15, 0.2) is 30.3 Å². The van der Waals surface area contributed by atoms with Crippen LogP contribution in [0.1, 0.15) is 13.8 Å². The van der Waals surface area contributed by atoms with Gasteiger partial charge in [-0.05, 0) is 31.5 Å². The fourth-order valence-corrected chi connectivity index (χ4v) is 1.59. The van der Waals surface area contributed by atoms with Gasteiger partial charge in [-0.1, -0.05) is 23.7 Å². The van der Waals surface area contributed by atoms with Crippen molar-refractivity contribution in [1.29, 1.82) is 0 Å². The van der Waals surface area contributed by atoms with Gasteiger partial charge in [0, 0.05) is 17.1 Å². The second kappa shape index (κ2) is 4.58. The summed E-state index contributed by atoms with van der Waals surface area (Å²) in [6, 6.07) is 10.0. The minimum Gasteiger partial charge on any atom is -0.366 e. The van der Waals surface area contributed by atoms with Crippen molar-refractivity contribution in [1.82, 2.24) is 10.2 Å². The lowest BCUT2D eigenvalue weighted by atomic mass is 10.1. The number of halogens is 1. The van der Waals surface area contributed by atoms with Gasteiger partial charge in [-0.15, -0.1) is 0 Å². The predicted octanol–water partition coefficient (Wildman–Crippen LogP) is 3.55. The van der Waals surface area contributed by atoms with E-state index in [0.717, 1.165) is 22.1 Å². The third-order valence-corrected chi connectivity index (χ3v) is 2.42. The largest absolute Gasteiger partial charge is 0.366 e. The number of aromatic nitrogens is 2. The van der Waals surface area contributed by atoms with E-state index >= 15 is 0 Å². The van der Waals surface area contributed by atoms with Crippen LogP contribution < -0.4 is 5.32 Å². The second-order valence-corrected chi connectivity index (χ2v) is 4.41. The standard InChI is InChI=1S/C12H14ClN3/c1-8(2)14-12-7-11(15-16-12)9-3-5-10(13)6-4-9/h3-8H,1-2H3,(H2,14,15,16). The van der Waals surface area contributed by atoms with Crippen molar-refractivity contribution < 1.29 is 0 Å². The van der Waals surface area contributed by atoms with Crippen molar-refractivity contribution in [3.05, 3.63) is 35.4 Å². The molecule has 1 aromatic heterocycles. The summed E-state index contributed by atoms with van der Waals surface area (Å²) in [5, 5.41) is 11.2. The highest BCUT2D eigenvalue weighted by molar-refractivity contribution is 6.30. The number of nitrogens with zero attached hydrogens (tertiary/aromatic N) is 1. The highest BCUT2D eigenvalue weighted by atomic mass is 35.5. The van der Waals surface area contributed by atoms with E-state index in [1.165, 1.54) is 0 Å². The van der Waals surface area contributed by atoms with E-state index in [0.29, 0.717) is 6.04 Å². The van der Waals surface area contributed by atoms with Crippen LogP contribution in [0.3, 0.4) is 0 Å². The summed E-state index contributed by atoms with van der Waals surface area (Å²) in [4.78, 5) is 0. The quantitative estimate of drug-likeness (QED) is 0.854. The van der Waals surface area contributed by atoms with Gasteiger partial charge in [0.15, 0.2) is 0 Å². The minimum absolute atomic E-state index is 0.376. The van der Waals surface area contributed by atoms with Gasteiger partial charge in [0.05, 0.1) is 5.69 Å². The number of nitrogens with one attached hydrogen (secondary N) is 2. The Morgan fingerprint density at radius 1 is 1.25 bits per heavy atom. The Morgan fingerprint density at radius 2 is 1.94 bits per heavy atom. The second-order valence-electron chi connectivity index (χ2n) is 3.97. The van der Waals surface area contributed by atoms with Crippen LogP contribution in [0.25, 0.3) is 11.3 Å². The molecular weight excluding hydrogens is 222 g/mol. The Kier molecular flexibility index (Phi) is 3.15. The Morgan fingerprint density at radius 3 is 2.56 bits per heavy atom. The van der Waals surface area contributed by atoms with Crippen molar-refractivity contribution >= 4 is 17.4 Å². The predicted molar refractivity (Wildman–Crippen MR) is 67.8 cm³/mol. The number of hydrogen-bond donors (Lipinski definition) is 2. The zero-order chi connectivity index (χ0) is 11.5. The summed E-state index contributed by atoms with van der Waals surface area (Å²) in [5.41, 5.74) is 2.06. The molecule has 0 saturated heterocycles. The zero-order valence-electron chi connectivity index (χ0n) is 9.29. The Labute approximate surface area is 99.8 Å². The van der Waals surface area contributed by atoms with Crippen LogP contribution >= 0.6 is 11.6 Å². The Bertz CT molecular complexity index is 459. The number of aromatic amines is 1. The number of hydrogen-bond acceptors (Lipinski definition) is 2. The van der Waals surface area contributed by atoms with E-state index in [-0.39, 0.29) is 0 Å². The molecule has 0 bridgehead atoms. The normalized spacial score (nSPS) is 10.8. The van der Waals surface area contributed by atoms with Gasteiger partial charge in [0.1, 0.15) is 5.82 Å². The monoisotopic (exact) mass is 235 g/mol. The molecule has 1 aromatic carbocycles. The summed E-state index contributed by atoms with van der Waals surface area (Å²) >= 11 is 5.84. The molecule has 0 spiro atoms. The summed E-state index contributed by atoms with van der Waals surface area (Å²) < 4.78 is 0. The van der Waals surface area contributed by atoms with Gasteiger partial charge in [0.2, 0.25) is 0 Å². The molecule has 16 heavy (non-hydrogen) atoms. The lowest BCUT2D eigenvalue weighted by molar-refractivity contribution is 0.884. The maximum atomic E-state index is 5.84. The van der Waals surface area contributed by atoms with Crippen LogP contribution in [0, 0.1) is 0 Å². The van der Waals surface area contributed by atoms with E-state index < -0.39 is 0 Å². The van der Waals surface area contributed by atoms with Crippen LogP contribution in [-0.2, 0) is 0 Å². The third-order valence-electron chi connectivity index (χ3n) is 2.17. The molecule has 0 atom stereocenters. The first-order chi connectivity index (χ1) is 7.65. The fraction of sp³-hybridized carbons (Fsp3) is 0.250. The summed E-state index contributed by atoms with van der Waals surface area (Å²) in [6.07, 6.45) is 0. The van der Waals surface area contributed by atoms with Crippen molar-refractivity contribution in [2.24, 2.45) is 0 Å². The van der Waals surface area contributed by atoms with Crippen molar-refractivity contribution in [2.75, 3.05) is 5.32 Å². The van der Waals surface area contributed by atoms with Gasteiger partial charge >= 0.3 is 0 Å². The number of rotatable bonds is 3. The van der Waals surface area contributed by atoms with Crippen molar-refractivity contribution in [2.45, 2.75) is 19.9 Å². The SMILES string of the molecule is CC(C)Nc1cc(-c2ccc(Cl)cc2)[nH]n1. The van der Waals surface area contributed by atoms with Gasteiger partial charge in [-0.25, -0.2) is 0 Å². The zero-order valence-corrected chi connectivity index (χ0v) is 10.0. The lowest BCUT2D eigenvalue weighted by Gasteiger charge is -2.04. The molecule has 4 heteroatoms. The Balaban J connectivity index is 2.21. The molecule has 0 aliphatic rings. The average Bonchev–Trinajstić information content (AvgIpc) is 2.66. The van der Waals surface area contributed by atoms with E-state index in [2.05, 4.69) is 29.4 Å². The number of anilines is 1. The Hall–Kier alpha value is -1.48. The summed E-state index contributed by atoms with van der Waals surface area (Å²) in [5.74, 6) is 0.861. The molecule has 0 aliphatic carbocycles. The molecule has 0 unspecified atom stereocenters. The molecule has 0 radical (unpaired) electrons. The molecule has 0 saturated carbocycles. The molecule has 2 rings (SSSR count). The first-order valence-electron chi connectivity index (χ1n) is 5.23. The maximum absolute atomic E-state index is 5.84. The van der Waals surface area contributed by atoms with E-state index in [9.17, 15) is 0 Å². The topological polar surface area (TPSA) is 40.7 Å². The minimum atomic E-state index is 0.376. The molecule has 0 fully saturated rings. The van der Waals surface area contributed by atoms with Gasteiger partial charge in [-0.2, -0.15) is 5.10 Å². The molecule has 3 nitrogen and oxygen atoms in total. The highest BCUT2D eigenvalue weighted by Gasteiger charge is 2.04. The molecule has 84 valence electrons. The third kappa shape index (κ3) is 2.55. The van der Waals surface area contributed by atoms with Gasteiger partial charge in [-0.3, -0.25) is 5.10 Å². The van der Waals surface area contributed by atoms with Crippen LogP contribution in [0.5, 0.6) is 0 Å². The van der Waals surface area contributed by atoms with Crippen molar-refractivity contribution in [3.8, 4) is 11.3 Å². The van der Waals surface area contributed by atoms with Crippen LogP contribution in [0.4, 0.5) is 5.82 Å². The molecule has 0 amide bonds. The first kappa shape index (κ1) is 11.0. The van der Waals surface area contributed by atoms with Crippen LogP contribution in [0.2, 0.25) is 5.02 Å². The summed E-state index contributed by atoms with van der Waals surface area (Å²) in [7, 11) is 0. The number of benzene rings is 1. The fourth-order valence-electron chi connectivity index (χ4n) is 1.47. The average molecular weight is 236 g/mol. The van der Waals surface area contributed by atoms with Gasteiger partial charge in [0.25, 0.3) is 0 Å².